The highest BCUT2D eigenvalue weighted by Crippen LogP contribution is 2.42. The summed E-state index contributed by atoms with van der Waals surface area (Å²) in [5.74, 6) is -3.01. The number of carbonyl (C=O) groups is 4. The van der Waals surface area contributed by atoms with Gasteiger partial charge in [0.05, 0.1) is 54.2 Å². The maximum atomic E-state index is 15.4. The van der Waals surface area contributed by atoms with E-state index in [1.807, 2.05) is 51.1 Å². The number of hydrogen-bond donors (Lipinski definition) is 2. The van der Waals surface area contributed by atoms with E-state index in [1.54, 1.807) is 30.5 Å². The Morgan fingerprint density at radius 1 is 1.03 bits per heavy atom. The lowest BCUT2D eigenvalue weighted by Gasteiger charge is -2.40. The summed E-state index contributed by atoms with van der Waals surface area (Å²) in [5, 5.41) is 22.3. The van der Waals surface area contributed by atoms with E-state index in [4.69, 9.17) is 21.7 Å². The number of amides is 4. The molecule has 0 spiro atoms. The molecule has 68 heavy (non-hydrogen) atoms. The number of β-amino-alcohol motifs (C(OH)–C–C–N with tert-alkyl or cyclic N) is 1. The van der Waals surface area contributed by atoms with Crippen molar-refractivity contribution in [2.75, 3.05) is 42.7 Å². The molecule has 0 unspecified atom stereocenters. The van der Waals surface area contributed by atoms with Gasteiger partial charge < -0.3 is 34.6 Å². The van der Waals surface area contributed by atoms with Crippen LogP contribution < -0.4 is 19.9 Å². The number of aromatic nitrogens is 2. The maximum absolute atomic E-state index is 15.4. The van der Waals surface area contributed by atoms with Gasteiger partial charge in [0.25, 0.3) is 5.91 Å². The zero-order chi connectivity index (χ0) is 49.6. The summed E-state index contributed by atoms with van der Waals surface area (Å²) in [5.41, 5.74) is -3.26. The van der Waals surface area contributed by atoms with E-state index in [0.29, 0.717) is 60.2 Å². The lowest BCUT2D eigenvalue weighted by molar-refractivity contribution is -0.149. The molecule has 2 aromatic heterocycles. The van der Waals surface area contributed by atoms with Gasteiger partial charge in [-0.05, 0) is 80.2 Å². The Labute approximate surface area is 396 Å². The normalized spacial score (nSPS) is 17.5. The van der Waals surface area contributed by atoms with E-state index < -0.39 is 69.8 Å². The number of nitrogens with zero attached hydrogens (tertiary/aromatic N) is 7. The summed E-state index contributed by atoms with van der Waals surface area (Å²) in [7, 11) is 0. The minimum Gasteiger partial charge on any atom is -0.478 e. The summed E-state index contributed by atoms with van der Waals surface area (Å²) in [6.45, 7) is 9.72. The van der Waals surface area contributed by atoms with Gasteiger partial charge in [-0.25, -0.2) is 9.37 Å². The van der Waals surface area contributed by atoms with E-state index in [0.717, 1.165) is 17.7 Å². The first-order valence-corrected chi connectivity index (χ1v) is 22.2. The number of halogens is 4. The van der Waals surface area contributed by atoms with Gasteiger partial charge in [-0.15, -0.1) is 0 Å². The third-order valence-electron chi connectivity index (χ3n) is 11.6. The Balaban J connectivity index is 0.964. The van der Waals surface area contributed by atoms with Gasteiger partial charge in [-0.1, -0.05) is 51.1 Å². The molecule has 0 saturated carbocycles. The van der Waals surface area contributed by atoms with E-state index >= 15 is 4.39 Å². The zero-order valence-corrected chi connectivity index (χ0v) is 38.9. The fourth-order valence-electron chi connectivity index (χ4n) is 8.23. The third-order valence-corrected chi connectivity index (χ3v) is 12.0. The molecule has 4 aromatic rings. The van der Waals surface area contributed by atoms with Crippen molar-refractivity contribution >= 4 is 52.8 Å². The van der Waals surface area contributed by atoms with Crippen LogP contribution in [0.25, 0.3) is 11.3 Å². The molecule has 3 atom stereocenters. The smallest absolute Gasteiger partial charge is 0.420 e. The molecule has 2 N–H and O–H groups in total. The van der Waals surface area contributed by atoms with Gasteiger partial charge in [0, 0.05) is 50.5 Å². The Bertz CT molecular complexity index is 2520. The number of pyridine rings is 2. The van der Waals surface area contributed by atoms with Crippen LogP contribution >= 0.6 is 12.2 Å². The van der Waals surface area contributed by atoms with Crippen LogP contribution in [0.3, 0.4) is 0 Å². The summed E-state index contributed by atoms with van der Waals surface area (Å²) < 4.78 is 68.3. The van der Waals surface area contributed by atoms with Crippen LogP contribution in [0.2, 0.25) is 0 Å². The number of rotatable bonds is 18. The molecule has 4 heterocycles. The van der Waals surface area contributed by atoms with Gasteiger partial charge in [0.2, 0.25) is 24.1 Å². The largest absolute Gasteiger partial charge is 0.478 e. The van der Waals surface area contributed by atoms with E-state index in [2.05, 4.69) is 15.3 Å². The van der Waals surface area contributed by atoms with Crippen LogP contribution in [0, 0.1) is 22.6 Å². The second-order valence-corrected chi connectivity index (χ2v) is 18.3. The minimum absolute atomic E-state index is 0.0242. The topological polar surface area (TPSA) is 182 Å². The summed E-state index contributed by atoms with van der Waals surface area (Å²) in [6, 6.07) is 17.3. The number of ether oxygens (including phenoxy) is 2. The summed E-state index contributed by atoms with van der Waals surface area (Å²) >= 11 is 5.52. The third kappa shape index (κ3) is 11.2. The molecular weight excluding hydrogens is 909 g/mol. The first-order chi connectivity index (χ1) is 32.2. The molecule has 0 radical (unpaired) electrons. The van der Waals surface area contributed by atoms with E-state index in [1.165, 1.54) is 40.8 Å². The van der Waals surface area contributed by atoms with Crippen molar-refractivity contribution in [1.29, 1.82) is 5.26 Å². The lowest BCUT2D eigenvalue weighted by Crippen LogP contribution is -2.58. The maximum Gasteiger partial charge on any atom is 0.420 e. The number of benzene rings is 2. The number of carbonyl (C=O) groups excluding carboxylic acids is 4. The van der Waals surface area contributed by atoms with Crippen molar-refractivity contribution in [3.63, 3.8) is 0 Å². The van der Waals surface area contributed by atoms with Crippen LogP contribution in [-0.2, 0) is 36.6 Å². The second kappa shape index (κ2) is 21.2. The Hall–Kier alpha value is -6.56. The van der Waals surface area contributed by atoms with Crippen LogP contribution in [0.5, 0.6) is 5.88 Å². The number of nitriles is 1. The van der Waals surface area contributed by atoms with Crippen molar-refractivity contribution in [2.24, 2.45) is 5.41 Å². The number of unbranched alkanes of at least 4 members (excludes halogenated alkanes) is 1. The van der Waals surface area contributed by atoms with Gasteiger partial charge in [-0.2, -0.15) is 18.4 Å². The van der Waals surface area contributed by atoms with Crippen LogP contribution in [-0.4, -0.2) is 111 Å². The number of nitrogens with one attached hydrogen (secondary N) is 1. The molecule has 360 valence electrons. The summed E-state index contributed by atoms with van der Waals surface area (Å²) in [6.07, 6.45) is -1.15. The zero-order valence-electron chi connectivity index (χ0n) is 38.1. The Kier molecular flexibility index (Phi) is 15.8. The molecule has 4 amide bonds. The van der Waals surface area contributed by atoms with E-state index in [9.17, 15) is 42.7 Å². The van der Waals surface area contributed by atoms with Crippen molar-refractivity contribution < 1.29 is 51.3 Å². The molecular formula is C48H52F4N8O7S. The molecule has 0 aliphatic carbocycles. The van der Waals surface area contributed by atoms with Gasteiger partial charge in [-0.3, -0.25) is 29.1 Å². The van der Waals surface area contributed by atoms with E-state index in [-0.39, 0.29) is 43.7 Å². The SMILES string of the molecule is CC(C)(C)[C@@H](C(=O)N1C[C@H](O)C[C@H]1C(=O)NCc1ccccc1)N(C=O)CCOCCCCOc1ccc(-c2ccc(N3C(=S)N(c4ccc(C#N)c(C(F)(F)F)c4F)C(=O)C3(C)C)cn2)cn1. The van der Waals surface area contributed by atoms with Crippen molar-refractivity contribution in [3.8, 4) is 23.2 Å². The highest BCUT2D eigenvalue weighted by Gasteiger charge is 2.52. The quantitative estimate of drug-likeness (QED) is 0.0485. The molecule has 0 bridgehead atoms. The first-order valence-electron chi connectivity index (χ1n) is 21.8. The Morgan fingerprint density at radius 2 is 1.75 bits per heavy atom. The fraction of sp³-hybridized carbons (Fsp3) is 0.417. The number of alkyl halides is 3. The number of thiocarbonyl (C=S) groups is 1. The standard InChI is InChI=1S/C48H52F4N8O7S/c1-46(2,3)41(43(64)58-28-34(62)23-37(58)42(63)56-25-30-11-7-6-8-12-30)57(29-61)19-22-66-20-9-10-21-67-38-18-14-32(26-55-38)35-16-15-33(27-54-35)60-45(68)59(44(65)47(60,4)5)36-17-13-31(24-53)39(40(36)49)48(50,51)52/h6-8,11-18,26-27,29,34,37,41,62H,9-10,19-23,25,28H2,1-5H3,(H,56,63)/t34-,37+,41-/m1/s1. The fourth-order valence-corrected chi connectivity index (χ4v) is 8.74. The molecule has 2 fully saturated rings. The van der Waals surface area contributed by atoms with Gasteiger partial charge >= 0.3 is 6.18 Å². The monoisotopic (exact) mass is 960 g/mol. The minimum atomic E-state index is -5.20. The number of aliphatic hydroxyl groups excluding tert-OH is 1. The second-order valence-electron chi connectivity index (χ2n) is 17.9. The van der Waals surface area contributed by atoms with Crippen molar-refractivity contribution in [2.45, 2.75) is 90.3 Å². The predicted molar refractivity (Wildman–Crippen MR) is 246 cm³/mol. The lowest BCUT2D eigenvalue weighted by atomic mass is 9.84. The molecule has 2 saturated heterocycles. The first kappa shape index (κ1) is 50.8. The highest BCUT2D eigenvalue weighted by atomic mass is 32.1. The van der Waals surface area contributed by atoms with Crippen LogP contribution in [0.1, 0.15) is 70.6 Å². The van der Waals surface area contributed by atoms with Crippen molar-refractivity contribution in [3.05, 3.63) is 102 Å². The molecule has 15 nitrogen and oxygen atoms in total. The number of aliphatic hydroxyl groups is 1. The highest BCUT2D eigenvalue weighted by molar-refractivity contribution is 7.81. The predicted octanol–water partition coefficient (Wildman–Crippen LogP) is 6.42. The molecule has 2 aliphatic rings. The number of likely N-dealkylation sites (tertiary alicyclic amines) is 1. The molecule has 20 heteroatoms. The number of anilines is 2. The molecule has 2 aliphatic heterocycles. The van der Waals surface area contributed by atoms with Crippen molar-refractivity contribution in [1.82, 2.24) is 25.1 Å². The van der Waals surface area contributed by atoms with Crippen LogP contribution in [0.4, 0.5) is 28.9 Å². The van der Waals surface area contributed by atoms with Gasteiger partial charge in [0.1, 0.15) is 23.2 Å². The summed E-state index contributed by atoms with van der Waals surface area (Å²) in [4.78, 5) is 66.9. The molecule has 6 rings (SSSR count). The number of hydrogen-bond acceptors (Lipinski definition) is 11. The Morgan fingerprint density at radius 3 is 2.37 bits per heavy atom. The van der Waals surface area contributed by atoms with Crippen LogP contribution in [0.15, 0.2) is 79.1 Å². The average molecular weight is 961 g/mol. The molecule has 2 aromatic carbocycles. The average Bonchev–Trinajstić information content (AvgIpc) is 3.77. The van der Waals surface area contributed by atoms with Gasteiger partial charge in [0.15, 0.2) is 10.9 Å².